The van der Waals surface area contributed by atoms with Gasteiger partial charge < -0.3 is 10.2 Å². The zero-order chi connectivity index (χ0) is 15.4. The van der Waals surface area contributed by atoms with Crippen molar-refractivity contribution in [3.63, 3.8) is 0 Å². The van der Waals surface area contributed by atoms with E-state index in [1.807, 2.05) is 13.8 Å². The number of carbonyl (C=O) groups excluding carboxylic acids is 2. The largest absolute Gasteiger partial charge is 0.344 e. The maximum atomic E-state index is 13.2. The standard InChI is InChI=1S/C15H20FN3O2/c1-3-10(2)14-15(21)19(5-4-13(20)18-14)9-11-6-12(16)8-17-7-11/h6-8,10,14H,3-5,9H2,1-2H3,(H,18,20). The molecule has 1 aromatic rings. The Balaban J connectivity index is 2.17. The van der Waals surface area contributed by atoms with E-state index in [0.717, 1.165) is 12.6 Å². The Morgan fingerprint density at radius 2 is 2.24 bits per heavy atom. The number of halogens is 1. The third-order valence-corrected chi connectivity index (χ3v) is 3.85. The van der Waals surface area contributed by atoms with E-state index in [-0.39, 0.29) is 30.7 Å². The summed E-state index contributed by atoms with van der Waals surface area (Å²) in [4.78, 5) is 29.7. The van der Waals surface area contributed by atoms with Crippen molar-refractivity contribution in [3.05, 3.63) is 29.8 Å². The average Bonchev–Trinajstić information content (AvgIpc) is 2.60. The summed E-state index contributed by atoms with van der Waals surface area (Å²) >= 11 is 0. The molecule has 5 nitrogen and oxygen atoms in total. The molecule has 21 heavy (non-hydrogen) atoms. The van der Waals surface area contributed by atoms with Crippen molar-refractivity contribution in [3.8, 4) is 0 Å². The van der Waals surface area contributed by atoms with Crippen molar-refractivity contribution < 1.29 is 14.0 Å². The molecular formula is C15H20FN3O2. The van der Waals surface area contributed by atoms with Crippen molar-refractivity contribution >= 4 is 11.8 Å². The van der Waals surface area contributed by atoms with Gasteiger partial charge in [-0.3, -0.25) is 14.6 Å². The van der Waals surface area contributed by atoms with E-state index in [1.165, 1.54) is 12.3 Å². The van der Waals surface area contributed by atoms with Crippen LogP contribution in [0.15, 0.2) is 18.5 Å². The molecule has 1 aliphatic heterocycles. The van der Waals surface area contributed by atoms with Gasteiger partial charge in [-0.2, -0.15) is 0 Å². The first-order valence-corrected chi connectivity index (χ1v) is 7.18. The number of pyridine rings is 1. The highest BCUT2D eigenvalue weighted by molar-refractivity contribution is 5.90. The average molecular weight is 293 g/mol. The Hall–Kier alpha value is -1.98. The van der Waals surface area contributed by atoms with Crippen LogP contribution >= 0.6 is 0 Å². The first kappa shape index (κ1) is 15.4. The van der Waals surface area contributed by atoms with Crippen LogP contribution in [0.3, 0.4) is 0 Å². The second kappa shape index (κ2) is 6.65. The highest BCUT2D eigenvalue weighted by atomic mass is 19.1. The Labute approximate surface area is 123 Å². The van der Waals surface area contributed by atoms with Gasteiger partial charge in [0.1, 0.15) is 11.9 Å². The minimum atomic E-state index is -0.508. The number of nitrogens with one attached hydrogen (secondary N) is 1. The molecule has 2 atom stereocenters. The summed E-state index contributed by atoms with van der Waals surface area (Å²) in [7, 11) is 0. The summed E-state index contributed by atoms with van der Waals surface area (Å²) in [6.45, 7) is 4.53. The first-order valence-electron chi connectivity index (χ1n) is 7.18. The van der Waals surface area contributed by atoms with Crippen molar-refractivity contribution in [2.75, 3.05) is 6.54 Å². The topological polar surface area (TPSA) is 62.3 Å². The Kier molecular flexibility index (Phi) is 4.88. The maximum Gasteiger partial charge on any atom is 0.245 e. The second-order valence-corrected chi connectivity index (χ2v) is 5.45. The van der Waals surface area contributed by atoms with Crippen molar-refractivity contribution in [2.45, 2.75) is 39.3 Å². The molecule has 0 spiro atoms. The molecule has 0 saturated carbocycles. The summed E-state index contributed by atoms with van der Waals surface area (Å²) < 4.78 is 13.2. The summed E-state index contributed by atoms with van der Waals surface area (Å²) in [6.07, 6.45) is 3.73. The molecular weight excluding hydrogens is 273 g/mol. The van der Waals surface area contributed by atoms with E-state index in [1.54, 1.807) is 4.90 Å². The molecule has 0 radical (unpaired) electrons. The smallest absolute Gasteiger partial charge is 0.245 e. The Bertz CT molecular complexity index is 535. The number of carbonyl (C=O) groups is 2. The summed E-state index contributed by atoms with van der Waals surface area (Å²) in [5.41, 5.74) is 0.626. The van der Waals surface area contributed by atoms with Gasteiger partial charge in [-0.1, -0.05) is 20.3 Å². The summed E-state index contributed by atoms with van der Waals surface area (Å²) in [6, 6.07) is 0.852. The van der Waals surface area contributed by atoms with Crippen LogP contribution in [0.25, 0.3) is 0 Å². The fourth-order valence-corrected chi connectivity index (χ4v) is 2.39. The van der Waals surface area contributed by atoms with E-state index < -0.39 is 11.9 Å². The van der Waals surface area contributed by atoms with Gasteiger partial charge in [-0.15, -0.1) is 0 Å². The molecule has 2 unspecified atom stereocenters. The predicted octanol–water partition coefficient (Wildman–Crippen LogP) is 1.48. The Morgan fingerprint density at radius 3 is 2.90 bits per heavy atom. The van der Waals surface area contributed by atoms with E-state index in [2.05, 4.69) is 10.3 Å². The van der Waals surface area contributed by atoms with Gasteiger partial charge in [0.15, 0.2) is 0 Å². The van der Waals surface area contributed by atoms with E-state index >= 15 is 0 Å². The molecule has 2 heterocycles. The quantitative estimate of drug-likeness (QED) is 0.914. The van der Waals surface area contributed by atoms with Crippen molar-refractivity contribution in [2.24, 2.45) is 5.92 Å². The van der Waals surface area contributed by atoms with Crippen LogP contribution < -0.4 is 5.32 Å². The number of aromatic nitrogens is 1. The monoisotopic (exact) mass is 293 g/mol. The lowest BCUT2D eigenvalue weighted by atomic mass is 9.98. The first-order chi connectivity index (χ1) is 10.0. The molecule has 0 aromatic carbocycles. The van der Waals surface area contributed by atoms with Gasteiger partial charge in [0.25, 0.3) is 0 Å². The van der Waals surface area contributed by atoms with Crippen LogP contribution in [0.5, 0.6) is 0 Å². The fraction of sp³-hybridized carbons (Fsp3) is 0.533. The molecule has 0 aliphatic carbocycles. The molecule has 6 heteroatoms. The lowest BCUT2D eigenvalue weighted by Gasteiger charge is -2.27. The molecule has 2 rings (SSSR count). The van der Waals surface area contributed by atoms with Gasteiger partial charge in [-0.25, -0.2) is 4.39 Å². The molecule has 1 aromatic heterocycles. The Morgan fingerprint density at radius 1 is 1.48 bits per heavy atom. The lowest BCUT2D eigenvalue weighted by molar-refractivity contribution is -0.135. The van der Waals surface area contributed by atoms with Crippen molar-refractivity contribution in [1.29, 1.82) is 0 Å². The van der Waals surface area contributed by atoms with Crippen molar-refractivity contribution in [1.82, 2.24) is 15.2 Å². The molecule has 114 valence electrons. The predicted molar refractivity (Wildman–Crippen MR) is 75.6 cm³/mol. The zero-order valence-corrected chi connectivity index (χ0v) is 12.3. The van der Waals surface area contributed by atoms with E-state index in [4.69, 9.17) is 0 Å². The minimum Gasteiger partial charge on any atom is -0.344 e. The lowest BCUT2D eigenvalue weighted by Crippen LogP contribution is -2.48. The molecule has 1 aliphatic rings. The highest BCUT2D eigenvalue weighted by Crippen LogP contribution is 2.16. The summed E-state index contributed by atoms with van der Waals surface area (Å²) in [5, 5.41) is 2.79. The highest BCUT2D eigenvalue weighted by Gasteiger charge is 2.32. The molecule has 1 N–H and O–H groups in total. The van der Waals surface area contributed by atoms with Gasteiger partial charge in [0.05, 0.1) is 6.20 Å². The fourth-order valence-electron chi connectivity index (χ4n) is 2.39. The van der Waals surface area contributed by atoms with E-state index in [0.29, 0.717) is 12.1 Å². The van der Waals surface area contributed by atoms with Gasteiger partial charge in [0, 0.05) is 25.7 Å². The zero-order valence-electron chi connectivity index (χ0n) is 12.3. The van der Waals surface area contributed by atoms with Crippen LogP contribution in [0, 0.1) is 11.7 Å². The molecule has 1 fully saturated rings. The van der Waals surface area contributed by atoms with Crippen LogP contribution in [0.2, 0.25) is 0 Å². The maximum absolute atomic E-state index is 13.2. The third-order valence-electron chi connectivity index (χ3n) is 3.85. The molecule has 2 amide bonds. The van der Waals surface area contributed by atoms with Crippen LogP contribution in [0.1, 0.15) is 32.3 Å². The van der Waals surface area contributed by atoms with Crippen LogP contribution in [-0.4, -0.2) is 34.3 Å². The SMILES string of the molecule is CCC(C)C1NC(=O)CCN(Cc2cncc(F)c2)C1=O. The number of hydrogen-bond acceptors (Lipinski definition) is 3. The number of amides is 2. The van der Waals surface area contributed by atoms with Crippen LogP contribution in [-0.2, 0) is 16.1 Å². The number of nitrogens with zero attached hydrogens (tertiary/aromatic N) is 2. The van der Waals surface area contributed by atoms with Crippen LogP contribution in [0.4, 0.5) is 4.39 Å². The summed E-state index contributed by atoms with van der Waals surface area (Å²) in [5.74, 6) is -0.594. The van der Waals surface area contributed by atoms with Gasteiger partial charge in [-0.05, 0) is 17.5 Å². The van der Waals surface area contributed by atoms with E-state index in [9.17, 15) is 14.0 Å². The number of rotatable bonds is 4. The second-order valence-electron chi connectivity index (χ2n) is 5.45. The number of hydrogen-bond donors (Lipinski definition) is 1. The minimum absolute atomic E-state index is 0.0627. The molecule has 0 bridgehead atoms. The normalized spacial score (nSPS) is 20.9. The van der Waals surface area contributed by atoms with Gasteiger partial charge >= 0.3 is 0 Å². The third kappa shape index (κ3) is 3.77. The van der Waals surface area contributed by atoms with Gasteiger partial charge in [0.2, 0.25) is 11.8 Å². The molecule has 1 saturated heterocycles.